The maximum absolute atomic E-state index is 8.82. The molecule has 1 rings (SSSR count). The molecule has 0 fully saturated rings. The monoisotopic (exact) mass is 232 g/mol. The lowest BCUT2D eigenvalue weighted by Crippen LogP contribution is -2.23. The van der Waals surface area contributed by atoms with Crippen molar-refractivity contribution in [2.45, 2.75) is 26.7 Å². The van der Waals surface area contributed by atoms with Gasteiger partial charge in [0, 0.05) is 18.8 Å². The number of benzene rings is 1. The van der Waals surface area contributed by atoms with Crippen molar-refractivity contribution in [2.24, 2.45) is 5.41 Å². The van der Waals surface area contributed by atoms with E-state index in [-0.39, 0.29) is 12.0 Å². The van der Waals surface area contributed by atoms with E-state index >= 15 is 0 Å². The van der Waals surface area contributed by atoms with E-state index in [0.717, 1.165) is 25.1 Å². The molecule has 1 aromatic carbocycles. The van der Waals surface area contributed by atoms with Crippen molar-refractivity contribution in [3.8, 4) is 6.07 Å². The van der Waals surface area contributed by atoms with Crippen LogP contribution < -0.4 is 5.32 Å². The Hall–Kier alpha value is -1.53. The smallest absolute Gasteiger partial charge is 0.0991 e. The van der Waals surface area contributed by atoms with Gasteiger partial charge in [-0.1, -0.05) is 13.8 Å². The zero-order chi connectivity index (χ0) is 12.7. The summed E-state index contributed by atoms with van der Waals surface area (Å²) in [5.41, 5.74) is 1.87. The number of hydrogen-bond donors (Lipinski definition) is 2. The van der Waals surface area contributed by atoms with Crippen molar-refractivity contribution >= 4 is 5.69 Å². The van der Waals surface area contributed by atoms with Crippen LogP contribution in [0.2, 0.25) is 0 Å². The molecule has 0 heterocycles. The fraction of sp³-hybridized carbons (Fsp3) is 0.500. The molecule has 0 amide bonds. The first-order valence-corrected chi connectivity index (χ1v) is 5.92. The summed E-state index contributed by atoms with van der Waals surface area (Å²) in [6.45, 7) is 5.47. The SMILES string of the molecule is CC(C)(CCCO)CNc1ccc(C#N)cc1. The molecular weight excluding hydrogens is 212 g/mol. The number of nitrogens with zero attached hydrogens (tertiary/aromatic N) is 1. The lowest BCUT2D eigenvalue weighted by Gasteiger charge is -2.25. The average molecular weight is 232 g/mol. The Morgan fingerprint density at radius 3 is 2.47 bits per heavy atom. The van der Waals surface area contributed by atoms with Crippen LogP contribution in [-0.4, -0.2) is 18.3 Å². The van der Waals surface area contributed by atoms with Crippen molar-refractivity contribution in [3.05, 3.63) is 29.8 Å². The number of aliphatic hydroxyl groups excluding tert-OH is 1. The van der Waals surface area contributed by atoms with Gasteiger partial charge < -0.3 is 10.4 Å². The summed E-state index contributed by atoms with van der Waals surface area (Å²) < 4.78 is 0. The Balaban J connectivity index is 2.46. The van der Waals surface area contributed by atoms with E-state index in [2.05, 4.69) is 25.2 Å². The first-order chi connectivity index (χ1) is 8.07. The van der Waals surface area contributed by atoms with Crippen molar-refractivity contribution in [2.75, 3.05) is 18.5 Å². The molecule has 0 spiro atoms. The van der Waals surface area contributed by atoms with Gasteiger partial charge in [0.2, 0.25) is 0 Å². The molecular formula is C14H20N2O. The highest BCUT2D eigenvalue weighted by atomic mass is 16.2. The second-order valence-corrected chi connectivity index (χ2v) is 5.03. The highest BCUT2D eigenvalue weighted by Gasteiger charge is 2.16. The van der Waals surface area contributed by atoms with Crippen LogP contribution in [0, 0.1) is 16.7 Å². The van der Waals surface area contributed by atoms with Gasteiger partial charge in [0.15, 0.2) is 0 Å². The van der Waals surface area contributed by atoms with Gasteiger partial charge in [0.25, 0.3) is 0 Å². The second kappa shape index (κ2) is 6.27. The summed E-state index contributed by atoms with van der Waals surface area (Å²) in [5, 5.41) is 20.9. The van der Waals surface area contributed by atoms with Gasteiger partial charge in [-0.05, 0) is 42.5 Å². The van der Waals surface area contributed by atoms with Crippen LogP contribution in [0.15, 0.2) is 24.3 Å². The van der Waals surface area contributed by atoms with Gasteiger partial charge in [-0.25, -0.2) is 0 Å². The van der Waals surface area contributed by atoms with Crippen molar-refractivity contribution < 1.29 is 5.11 Å². The summed E-state index contributed by atoms with van der Waals surface area (Å²) in [6.07, 6.45) is 1.83. The van der Waals surface area contributed by atoms with Gasteiger partial charge in [-0.15, -0.1) is 0 Å². The highest BCUT2D eigenvalue weighted by Crippen LogP contribution is 2.23. The quantitative estimate of drug-likeness (QED) is 0.793. The Labute approximate surface area is 103 Å². The largest absolute Gasteiger partial charge is 0.396 e. The molecule has 0 aliphatic heterocycles. The minimum absolute atomic E-state index is 0.163. The van der Waals surface area contributed by atoms with Crippen LogP contribution in [-0.2, 0) is 0 Å². The standard InChI is InChI=1S/C14H20N2O/c1-14(2,8-3-9-17)11-16-13-6-4-12(10-15)5-7-13/h4-7,16-17H,3,8-9,11H2,1-2H3. The molecule has 2 N–H and O–H groups in total. The molecule has 0 atom stereocenters. The molecule has 1 aromatic rings. The molecule has 3 heteroatoms. The van der Waals surface area contributed by atoms with Gasteiger partial charge in [-0.2, -0.15) is 5.26 Å². The van der Waals surface area contributed by atoms with Crippen molar-refractivity contribution in [1.29, 1.82) is 5.26 Å². The molecule has 92 valence electrons. The zero-order valence-electron chi connectivity index (χ0n) is 10.5. The Morgan fingerprint density at radius 2 is 1.94 bits per heavy atom. The van der Waals surface area contributed by atoms with Crippen molar-refractivity contribution in [1.82, 2.24) is 0 Å². The summed E-state index contributed by atoms with van der Waals surface area (Å²) in [4.78, 5) is 0. The number of aliphatic hydroxyl groups is 1. The predicted molar refractivity (Wildman–Crippen MR) is 69.7 cm³/mol. The zero-order valence-corrected chi connectivity index (χ0v) is 10.5. The molecule has 0 aliphatic rings. The molecule has 0 bridgehead atoms. The highest BCUT2D eigenvalue weighted by molar-refractivity contribution is 5.47. The fourth-order valence-electron chi connectivity index (χ4n) is 1.65. The topological polar surface area (TPSA) is 56.0 Å². The fourth-order valence-corrected chi connectivity index (χ4v) is 1.65. The molecule has 0 aliphatic carbocycles. The van der Waals surface area contributed by atoms with Gasteiger partial charge in [0.05, 0.1) is 11.6 Å². The van der Waals surface area contributed by atoms with Gasteiger partial charge >= 0.3 is 0 Å². The lowest BCUT2D eigenvalue weighted by atomic mass is 9.88. The summed E-state index contributed by atoms with van der Waals surface area (Å²) in [5.74, 6) is 0. The third-order valence-electron chi connectivity index (χ3n) is 2.80. The minimum Gasteiger partial charge on any atom is -0.396 e. The first kappa shape index (κ1) is 13.5. The molecule has 0 saturated carbocycles. The number of rotatable bonds is 6. The maximum atomic E-state index is 8.82. The summed E-state index contributed by atoms with van der Waals surface area (Å²) >= 11 is 0. The number of hydrogen-bond acceptors (Lipinski definition) is 3. The van der Waals surface area contributed by atoms with E-state index in [9.17, 15) is 0 Å². The van der Waals surface area contributed by atoms with Crippen LogP contribution in [0.5, 0.6) is 0 Å². The maximum Gasteiger partial charge on any atom is 0.0991 e. The lowest BCUT2D eigenvalue weighted by molar-refractivity contribution is 0.248. The Morgan fingerprint density at radius 1 is 1.29 bits per heavy atom. The van der Waals surface area contributed by atoms with Crippen LogP contribution in [0.25, 0.3) is 0 Å². The molecule has 0 aromatic heterocycles. The van der Waals surface area contributed by atoms with Gasteiger partial charge in [0.1, 0.15) is 0 Å². The van der Waals surface area contributed by atoms with E-state index in [4.69, 9.17) is 10.4 Å². The molecule has 3 nitrogen and oxygen atoms in total. The predicted octanol–water partition coefficient (Wildman–Crippen LogP) is 2.77. The normalized spacial score (nSPS) is 10.9. The van der Waals surface area contributed by atoms with E-state index < -0.39 is 0 Å². The van der Waals surface area contributed by atoms with E-state index in [1.165, 1.54) is 0 Å². The molecule has 17 heavy (non-hydrogen) atoms. The Kier molecular flexibility index (Phi) is 4.99. The van der Waals surface area contributed by atoms with E-state index in [0.29, 0.717) is 5.56 Å². The average Bonchev–Trinajstić information content (AvgIpc) is 2.35. The number of nitrogens with one attached hydrogen (secondary N) is 1. The van der Waals surface area contributed by atoms with Crippen molar-refractivity contribution in [3.63, 3.8) is 0 Å². The van der Waals surface area contributed by atoms with Crippen LogP contribution >= 0.6 is 0 Å². The Bertz CT molecular complexity index is 376. The van der Waals surface area contributed by atoms with E-state index in [1.807, 2.05) is 24.3 Å². The number of anilines is 1. The third-order valence-corrected chi connectivity index (χ3v) is 2.80. The minimum atomic E-state index is 0.163. The summed E-state index contributed by atoms with van der Waals surface area (Å²) in [7, 11) is 0. The third kappa shape index (κ3) is 4.88. The molecule has 0 unspecified atom stereocenters. The molecule has 0 radical (unpaired) electrons. The van der Waals surface area contributed by atoms with Crippen LogP contribution in [0.3, 0.4) is 0 Å². The summed E-state index contributed by atoms with van der Waals surface area (Å²) in [6, 6.07) is 9.55. The number of nitriles is 1. The second-order valence-electron chi connectivity index (χ2n) is 5.03. The first-order valence-electron chi connectivity index (χ1n) is 5.92. The van der Waals surface area contributed by atoms with Crippen LogP contribution in [0.4, 0.5) is 5.69 Å². The van der Waals surface area contributed by atoms with Gasteiger partial charge in [-0.3, -0.25) is 0 Å². The molecule has 0 saturated heterocycles. The van der Waals surface area contributed by atoms with Crippen LogP contribution in [0.1, 0.15) is 32.3 Å². The van der Waals surface area contributed by atoms with E-state index in [1.54, 1.807) is 0 Å².